The van der Waals surface area contributed by atoms with Crippen molar-refractivity contribution in [3.05, 3.63) is 48.0 Å². The van der Waals surface area contributed by atoms with E-state index in [1.54, 1.807) is 6.08 Å². The van der Waals surface area contributed by atoms with Gasteiger partial charge in [0.25, 0.3) is 0 Å². The molecule has 0 aliphatic rings. The lowest BCUT2D eigenvalue weighted by molar-refractivity contribution is 0.281. The van der Waals surface area contributed by atoms with Gasteiger partial charge in [-0.25, -0.2) is 0 Å². The Balaban J connectivity index is 2.81. The Morgan fingerprint density at radius 3 is 2.92 bits per heavy atom. The summed E-state index contributed by atoms with van der Waals surface area (Å²) in [6.07, 6.45) is 2.56. The van der Waals surface area contributed by atoms with Gasteiger partial charge in [0, 0.05) is 6.04 Å². The summed E-state index contributed by atoms with van der Waals surface area (Å²) in [4.78, 5) is 0. The fourth-order valence-electron chi connectivity index (χ4n) is 1.24. The van der Waals surface area contributed by atoms with Crippen LogP contribution in [0.3, 0.4) is 0 Å². The number of aliphatic hydroxyl groups is 1. The van der Waals surface area contributed by atoms with E-state index in [1.807, 2.05) is 24.3 Å². The molecule has 1 aromatic carbocycles. The Morgan fingerprint density at radius 1 is 1.54 bits per heavy atom. The largest absolute Gasteiger partial charge is 0.392 e. The van der Waals surface area contributed by atoms with Crippen LogP contribution in [0.5, 0.6) is 0 Å². The quantitative estimate of drug-likeness (QED) is 0.688. The van der Waals surface area contributed by atoms with Crippen LogP contribution in [0, 0.1) is 0 Å². The summed E-state index contributed by atoms with van der Waals surface area (Å²) in [5.74, 6) is 0. The number of aliphatic hydroxyl groups excluding tert-OH is 1. The second-order valence-electron chi connectivity index (χ2n) is 3.03. The lowest BCUT2D eigenvalue weighted by Crippen LogP contribution is -2.09. The fourth-order valence-corrected chi connectivity index (χ4v) is 1.24. The molecule has 0 spiro atoms. The number of benzene rings is 1. The Labute approximate surface area is 78.7 Å². The maximum Gasteiger partial charge on any atom is 0.0681 e. The first kappa shape index (κ1) is 9.96. The lowest BCUT2D eigenvalue weighted by atomic mass is 10.0. The van der Waals surface area contributed by atoms with E-state index >= 15 is 0 Å². The normalized spacial score (nSPS) is 12.5. The molecule has 3 N–H and O–H groups in total. The topological polar surface area (TPSA) is 46.2 Å². The van der Waals surface area contributed by atoms with Crippen molar-refractivity contribution in [2.75, 3.05) is 0 Å². The van der Waals surface area contributed by atoms with Crippen LogP contribution >= 0.6 is 0 Å². The SMILES string of the molecule is C=CC[C@@H](N)c1cccc(CO)c1. The lowest BCUT2D eigenvalue weighted by Gasteiger charge is -2.10. The van der Waals surface area contributed by atoms with Crippen molar-refractivity contribution in [3.8, 4) is 0 Å². The molecule has 0 radical (unpaired) electrons. The zero-order chi connectivity index (χ0) is 9.68. The summed E-state index contributed by atoms with van der Waals surface area (Å²) in [6.45, 7) is 3.70. The van der Waals surface area contributed by atoms with Crippen molar-refractivity contribution >= 4 is 0 Å². The van der Waals surface area contributed by atoms with Gasteiger partial charge < -0.3 is 10.8 Å². The summed E-state index contributed by atoms with van der Waals surface area (Å²) in [5.41, 5.74) is 7.82. The second kappa shape index (κ2) is 4.80. The summed E-state index contributed by atoms with van der Waals surface area (Å²) in [5, 5.41) is 8.91. The van der Waals surface area contributed by atoms with Gasteiger partial charge in [-0.1, -0.05) is 30.3 Å². The van der Waals surface area contributed by atoms with Crippen LogP contribution in [0.25, 0.3) is 0 Å². The van der Waals surface area contributed by atoms with Gasteiger partial charge in [-0.15, -0.1) is 6.58 Å². The molecule has 0 aliphatic carbocycles. The van der Waals surface area contributed by atoms with Gasteiger partial charge in [-0.3, -0.25) is 0 Å². The Morgan fingerprint density at radius 2 is 2.31 bits per heavy atom. The summed E-state index contributed by atoms with van der Waals surface area (Å²) < 4.78 is 0. The van der Waals surface area contributed by atoms with Gasteiger partial charge in [-0.2, -0.15) is 0 Å². The maximum atomic E-state index is 8.91. The Bertz CT molecular complexity index is 283. The fraction of sp³-hybridized carbons (Fsp3) is 0.273. The van der Waals surface area contributed by atoms with Crippen LogP contribution in [0.2, 0.25) is 0 Å². The molecule has 1 aromatic rings. The molecule has 2 heteroatoms. The van der Waals surface area contributed by atoms with Crippen molar-refractivity contribution < 1.29 is 5.11 Å². The predicted molar refractivity (Wildman–Crippen MR) is 54.1 cm³/mol. The highest BCUT2D eigenvalue weighted by Gasteiger charge is 2.03. The predicted octanol–water partition coefficient (Wildman–Crippen LogP) is 1.75. The zero-order valence-corrected chi connectivity index (χ0v) is 7.61. The molecule has 2 nitrogen and oxygen atoms in total. The van der Waals surface area contributed by atoms with Gasteiger partial charge in [0.1, 0.15) is 0 Å². The van der Waals surface area contributed by atoms with Crippen LogP contribution in [0.4, 0.5) is 0 Å². The molecule has 70 valence electrons. The highest BCUT2D eigenvalue weighted by molar-refractivity contribution is 5.25. The molecule has 13 heavy (non-hydrogen) atoms. The first-order chi connectivity index (χ1) is 6.27. The van der Waals surface area contributed by atoms with Gasteiger partial charge in [0.15, 0.2) is 0 Å². The molecule has 0 fully saturated rings. The van der Waals surface area contributed by atoms with E-state index in [-0.39, 0.29) is 12.6 Å². The molecule has 0 amide bonds. The molecule has 0 bridgehead atoms. The van der Waals surface area contributed by atoms with Gasteiger partial charge in [0.2, 0.25) is 0 Å². The molecular weight excluding hydrogens is 162 g/mol. The third-order valence-corrected chi connectivity index (χ3v) is 1.98. The van der Waals surface area contributed by atoms with Crippen LogP contribution in [0.1, 0.15) is 23.6 Å². The van der Waals surface area contributed by atoms with Gasteiger partial charge >= 0.3 is 0 Å². The minimum Gasteiger partial charge on any atom is -0.392 e. The van der Waals surface area contributed by atoms with Crippen molar-refractivity contribution in [2.45, 2.75) is 19.1 Å². The highest BCUT2D eigenvalue weighted by Crippen LogP contribution is 2.15. The zero-order valence-electron chi connectivity index (χ0n) is 7.61. The van der Waals surface area contributed by atoms with E-state index in [9.17, 15) is 0 Å². The minimum atomic E-state index is -0.0102. The van der Waals surface area contributed by atoms with Gasteiger partial charge in [0.05, 0.1) is 6.61 Å². The molecule has 0 heterocycles. The third-order valence-electron chi connectivity index (χ3n) is 1.98. The van der Waals surface area contributed by atoms with Crippen molar-refractivity contribution in [1.82, 2.24) is 0 Å². The molecule has 0 unspecified atom stereocenters. The van der Waals surface area contributed by atoms with E-state index in [2.05, 4.69) is 6.58 Å². The van der Waals surface area contributed by atoms with E-state index in [1.165, 1.54) is 0 Å². The monoisotopic (exact) mass is 177 g/mol. The summed E-state index contributed by atoms with van der Waals surface area (Å²) >= 11 is 0. The standard InChI is InChI=1S/C11H15NO/c1-2-4-11(12)10-6-3-5-9(7-10)8-13/h2-3,5-7,11,13H,1,4,8,12H2/t11-/m1/s1. The Kier molecular flexibility index (Phi) is 3.68. The number of hydrogen-bond donors (Lipinski definition) is 2. The maximum absolute atomic E-state index is 8.91. The minimum absolute atomic E-state index is 0.0102. The van der Waals surface area contributed by atoms with E-state index in [0.29, 0.717) is 0 Å². The van der Waals surface area contributed by atoms with Crippen molar-refractivity contribution in [2.24, 2.45) is 5.73 Å². The number of hydrogen-bond acceptors (Lipinski definition) is 2. The highest BCUT2D eigenvalue weighted by atomic mass is 16.3. The molecular formula is C11H15NO. The molecule has 1 rings (SSSR count). The summed E-state index contributed by atoms with van der Waals surface area (Å²) in [7, 11) is 0. The molecule has 0 aliphatic heterocycles. The van der Waals surface area contributed by atoms with Crippen LogP contribution in [0.15, 0.2) is 36.9 Å². The van der Waals surface area contributed by atoms with Crippen LogP contribution in [-0.4, -0.2) is 5.11 Å². The van der Waals surface area contributed by atoms with Crippen LogP contribution < -0.4 is 5.73 Å². The molecule has 0 saturated carbocycles. The number of rotatable bonds is 4. The third kappa shape index (κ3) is 2.68. The second-order valence-corrected chi connectivity index (χ2v) is 3.03. The smallest absolute Gasteiger partial charge is 0.0681 e. The van der Waals surface area contributed by atoms with Crippen molar-refractivity contribution in [1.29, 1.82) is 0 Å². The van der Waals surface area contributed by atoms with Crippen molar-refractivity contribution in [3.63, 3.8) is 0 Å². The van der Waals surface area contributed by atoms with Crippen LogP contribution in [-0.2, 0) is 6.61 Å². The average molecular weight is 177 g/mol. The van der Waals surface area contributed by atoms with E-state index < -0.39 is 0 Å². The van der Waals surface area contributed by atoms with Gasteiger partial charge in [-0.05, 0) is 17.5 Å². The average Bonchev–Trinajstić information content (AvgIpc) is 2.18. The summed E-state index contributed by atoms with van der Waals surface area (Å²) in [6, 6.07) is 7.67. The molecule has 0 saturated heterocycles. The first-order valence-electron chi connectivity index (χ1n) is 4.34. The molecule has 1 atom stereocenters. The first-order valence-corrected chi connectivity index (χ1v) is 4.34. The Hall–Kier alpha value is -1.12. The molecule has 0 aromatic heterocycles. The van der Waals surface area contributed by atoms with E-state index in [0.717, 1.165) is 17.5 Å². The number of nitrogens with two attached hydrogens (primary N) is 1. The van der Waals surface area contributed by atoms with E-state index in [4.69, 9.17) is 10.8 Å².